The van der Waals surface area contributed by atoms with Gasteiger partial charge in [-0.05, 0) is 56.6 Å². The number of hydrogen-bond donors (Lipinski definition) is 3. The molecule has 1 aromatic carbocycles. The highest BCUT2D eigenvalue weighted by atomic mass is 16.3. The number of rotatable bonds is 7. The molecule has 1 aliphatic carbocycles. The molecule has 2 aliphatic rings. The Labute approximate surface area is 173 Å². The molecule has 3 unspecified atom stereocenters. The van der Waals surface area contributed by atoms with Crippen LogP contribution in [0.15, 0.2) is 24.3 Å². The van der Waals surface area contributed by atoms with Gasteiger partial charge in [-0.1, -0.05) is 31.9 Å². The van der Waals surface area contributed by atoms with E-state index in [0.29, 0.717) is 36.8 Å². The molecule has 1 aliphatic heterocycles. The Hall–Kier alpha value is -2.08. The van der Waals surface area contributed by atoms with Gasteiger partial charge in [-0.2, -0.15) is 0 Å². The Morgan fingerprint density at radius 3 is 2.52 bits per heavy atom. The van der Waals surface area contributed by atoms with E-state index in [1.165, 1.54) is 37.8 Å². The van der Waals surface area contributed by atoms with E-state index in [4.69, 9.17) is 0 Å². The summed E-state index contributed by atoms with van der Waals surface area (Å²) in [6.07, 6.45) is 8.54. The molecule has 2 amide bonds. The minimum atomic E-state index is -1.48. The summed E-state index contributed by atoms with van der Waals surface area (Å²) in [5.41, 5.74) is -0.948. The topological polar surface area (TPSA) is 89.9 Å². The summed E-state index contributed by atoms with van der Waals surface area (Å²) in [6, 6.07) is 6.56. The van der Waals surface area contributed by atoms with Gasteiger partial charge in [0.05, 0.1) is 0 Å². The molecule has 160 valence electrons. The lowest BCUT2D eigenvalue weighted by molar-refractivity contribution is -0.137. The maximum Gasteiger partial charge on any atom is 0.222 e. The van der Waals surface area contributed by atoms with Gasteiger partial charge in [0.15, 0.2) is 5.72 Å². The largest absolute Gasteiger partial charge is 0.508 e. The first-order valence-electron chi connectivity index (χ1n) is 11.1. The molecule has 2 fully saturated rings. The van der Waals surface area contributed by atoms with E-state index < -0.39 is 5.72 Å². The number of benzene rings is 1. The van der Waals surface area contributed by atoms with Crippen molar-refractivity contribution < 1.29 is 19.8 Å². The van der Waals surface area contributed by atoms with Crippen molar-refractivity contribution in [2.45, 2.75) is 82.9 Å². The third-order valence-electron chi connectivity index (χ3n) is 6.56. The van der Waals surface area contributed by atoms with Crippen LogP contribution in [0.3, 0.4) is 0 Å². The predicted octanol–water partition coefficient (Wildman–Crippen LogP) is 3.42. The van der Waals surface area contributed by atoms with Crippen molar-refractivity contribution >= 4 is 11.8 Å². The van der Waals surface area contributed by atoms with Crippen LogP contribution >= 0.6 is 0 Å². The smallest absolute Gasteiger partial charge is 0.222 e. The van der Waals surface area contributed by atoms with Gasteiger partial charge < -0.3 is 20.4 Å². The second-order valence-electron chi connectivity index (χ2n) is 8.50. The zero-order chi connectivity index (χ0) is 20.9. The van der Waals surface area contributed by atoms with Gasteiger partial charge in [0.25, 0.3) is 0 Å². The van der Waals surface area contributed by atoms with Crippen LogP contribution in [-0.2, 0) is 15.3 Å². The Morgan fingerprint density at radius 1 is 1.10 bits per heavy atom. The number of nitrogens with zero attached hydrogens (tertiary/aromatic N) is 1. The monoisotopic (exact) mass is 402 g/mol. The number of amides is 2. The summed E-state index contributed by atoms with van der Waals surface area (Å²) in [4.78, 5) is 27.2. The highest BCUT2D eigenvalue weighted by Crippen LogP contribution is 2.35. The third kappa shape index (κ3) is 5.30. The van der Waals surface area contributed by atoms with E-state index >= 15 is 0 Å². The number of phenols is 1. The van der Waals surface area contributed by atoms with E-state index in [0.717, 1.165) is 19.4 Å². The number of carbonyl (C=O) groups is 2. The summed E-state index contributed by atoms with van der Waals surface area (Å²) in [6.45, 7) is 2.64. The molecule has 1 saturated carbocycles. The summed E-state index contributed by atoms with van der Waals surface area (Å²) in [5, 5.41) is 22.9. The van der Waals surface area contributed by atoms with Crippen molar-refractivity contribution in [3.8, 4) is 5.75 Å². The van der Waals surface area contributed by atoms with Crippen LogP contribution in [0, 0.1) is 5.92 Å². The second kappa shape index (κ2) is 9.61. The summed E-state index contributed by atoms with van der Waals surface area (Å²) < 4.78 is 0. The number of carbonyl (C=O) groups excluding carboxylic acids is 2. The van der Waals surface area contributed by atoms with Crippen LogP contribution in [0.25, 0.3) is 0 Å². The highest BCUT2D eigenvalue weighted by molar-refractivity contribution is 5.79. The highest BCUT2D eigenvalue weighted by Gasteiger charge is 2.35. The molecule has 29 heavy (non-hydrogen) atoms. The zero-order valence-corrected chi connectivity index (χ0v) is 17.4. The fraction of sp³-hybridized carbons (Fsp3) is 0.652. The number of nitrogens with one attached hydrogen (secondary N) is 1. The quantitative estimate of drug-likeness (QED) is 0.610. The van der Waals surface area contributed by atoms with Crippen molar-refractivity contribution in [2.24, 2.45) is 5.92 Å². The van der Waals surface area contributed by atoms with Crippen molar-refractivity contribution in [3.63, 3.8) is 0 Å². The molecule has 0 bridgehead atoms. The molecule has 3 atom stereocenters. The molecule has 3 N–H and O–H groups in total. The number of piperidine rings is 1. The number of aliphatic hydroxyl groups is 1. The first-order chi connectivity index (χ1) is 13.9. The van der Waals surface area contributed by atoms with Crippen LogP contribution in [0.4, 0.5) is 0 Å². The van der Waals surface area contributed by atoms with Gasteiger partial charge in [0.1, 0.15) is 5.75 Å². The third-order valence-corrected chi connectivity index (χ3v) is 6.56. The maximum atomic E-state index is 12.8. The lowest BCUT2D eigenvalue weighted by atomic mass is 9.78. The van der Waals surface area contributed by atoms with Crippen molar-refractivity contribution in [1.29, 1.82) is 0 Å². The van der Waals surface area contributed by atoms with Crippen molar-refractivity contribution in [2.75, 3.05) is 6.54 Å². The SMILES string of the molecule is CCC(O)(NC(=O)CCCC(=O)N1CCCC2CCCCC21)c1ccc(O)cc1. The molecule has 0 radical (unpaired) electrons. The minimum Gasteiger partial charge on any atom is -0.508 e. The van der Waals surface area contributed by atoms with Gasteiger partial charge in [-0.3, -0.25) is 9.59 Å². The number of hydrogen-bond acceptors (Lipinski definition) is 4. The van der Waals surface area contributed by atoms with Crippen molar-refractivity contribution in [1.82, 2.24) is 10.2 Å². The van der Waals surface area contributed by atoms with Crippen LogP contribution in [0.1, 0.15) is 76.7 Å². The normalized spacial score (nSPS) is 23.7. The summed E-state index contributed by atoms with van der Waals surface area (Å²) >= 11 is 0. The number of likely N-dealkylation sites (tertiary alicyclic amines) is 1. The van der Waals surface area contributed by atoms with E-state index in [2.05, 4.69) is 10.2 Å². The van der Waals surface area contributed by atoms with Gasteiger partial charge in [-0.15, -0.1) is 0 Å². The molecule has 0 spiro atoms. The number of fused-ring (bicyclic) bond motifs is 1. The lowest BCUT2D eigenvalue weighted by Gasteiger charge is -2.44. The van der Waals surface area contributed by atoms with Gasteiger partial charge >= 0.3 is 0 Å². The fourth-order valence-corrected chi connectivity index (χ4v) is 4.87. The first kappa shape index (κ1) is 21.6. The molecule has 3 rings (SSSR count). The predicted molar refractivity (Wildman–Crippen MR) is 111 cm³/mol. The Kier molecular flexibility index (Phi) is 7.17. The Balaban J connectivity index is 1.48. The van der Waals surface area contributed by atoms with Crippen molar-refractivity contribution in [3.05, 3.63) is 29.8 Å². The van der Waals surface area contributed by atoms with E-state index in [9.17, 15) is 19.8 Å². The summed E-state index contributed by atoms with van der Waals surface area (Å²) in [7, 11) is 0. The molecule has 1 heterocycles. The van der Waals surface area contributed by atoms with Gasteiger partial charge in [-0.25, -0.2) is 0 Å². The molecular weight excluding hydrogens is 368 g/mol. The number of aromatic hydroxyl groups is 1. The minimum absolute atomic E-state index is 0.106. The molecule has 1 saturated heterocycles. The van der Waals surface area contributed by atoms with Gasteiger partial charge in [0.2, 0.25) is 11.8 Å². The molecule has 6 nitrogen and oxygen atoms in total. The van der Waals surface area contributed by atoms with E-state index in [1.54, 1.807) is 19.1 Å². The second-order valence-corrected chi connectivity index (χ2v) is 8.50. The number of phenolic OH excluding ortho intramolecular Hbond substituents is 1. The van der Waals surface area contributed by atoms with E-state index in [1.807, 2.05) is 0 Å². The van der Waals surface area contributed by atoms with Crippen LogP contribution < -0.4 is 5.32 Å². The Morgan fingerprint density at radius 2 is 1.79 bits per heavy atom. The van der Waals surface area contributed by atoms with Crippen LogP contribution in [0.5, 0.6) is 5.75 Å². The molecule has 0 aromatic heterocycles. The Bertz CT molecular complexity index is 703. The molecule has 1 aromatic rings. The maximum absolute atomic E-state index is 12.8. The van der Waals surface area contributed by atoms with Crippen LogP contribution in [0.2, 0.25) is 0 Å². The van der Waals surface area contributed by atoms with E-state index in [-0.39, 0.29) is 24.0 Å². The lowest BCUT2D eigenvalue weighted by Crippen LogP contribution is -2.49. The fourth-order valence-electron chi connectivity index (χ4n) is 4.87. The molecule has 6 heteroatoms. The van der Waals surface area contributed by atoms with Gasteiger partial charge in [0, 0.05) is 31.0 Å². The standard InChI is InChI=1S/C23H34N2O4/c1-2-23(29,18-12-14-19(26)15-13-18)24-21(27)10-5-11-22(28)25-16-6-8-17-7-3-4-9-20(17)25/h12-15,17,20,26,29H,2-11,16H2,1H3,(H,24,27). The zero-order valence-electron chi connectivity index (χ0n) is 17.4. The average molecular weight is 403 g/mol. The average Bonchev–Trinajstić information content (AvgIpc) is 2.73. The van der Waals surface area contributed by atoms with Crippen LogP contribution in [-0.4, -0.2) is 39.5 Å². The molecular formula is C23H34N2O4. The first-order valence-corrected chi connectivity index (χ1v) is 11.1. The summed E-state index contributed by atoms with van der Waals surface area (Å²) in [5.74, 6) is 0.660.